The Morgan fingerprint density at radius 1 is 0.862 bits per heavy atom. The lowest BCUT2D eigenvalue weighted by molar-refractivity contribution is -0.128. The van der Waals surface area contributed by atoms with E-state index in [2.05, 4.69) is 10.6 Å². The second-order valence-corrected chi connectivity index (χ2v) is 7.57. The summed E-state index contributed by atoms with van der Waals surface area (Å²) in [6.07, 6.45) is 4.38. The number of carbonyl (C=O) groups excluding carboxylic acids is 2. The lowest BCUT2D eigenvalue weighted by Gasteiger charge is -2.36. The van der Waals surface area contributed by atoms with E-state index in [1.807, 2.05) is 6.07 Å². The van der Waals surface area contributed by atoms with Crippen LogP contribution in [0, 0.1) is 11.6 Å². The van der Waals surface area contributed by atoms with E-state index in [-0.39, 0.29) is 43.0 Å². The van der Waals surface area contributed by atoms with Crippen LogP contribution in [0.2, 0.25) is 0 Å². The summed E-state index contributed by atoms with van der Waals surface area (Å²) in [7, 11) is 0. The predicted molar refractivity (Wildman–Crippen MR) is 107 cm³/mol. The zero-order chi connectivity index (χ0) is 20.7. The highest BCUT2D eigenvalue weighted by Gasteiger charge is 2.41. The van der Waals surface area contributed by atoms with Crippen LogP contribution >= 0.6 is 0 Å². The molecule has 1 aliphatic carbocycles. The monoisotopic (exact) mass is 400 g/mol. The summed E-state index contributed by atoms with van der Waals surface area (Å²) in [5.41, 5.74) is 0.593. The van der Waals surface area contributed by atoms with Gasteiger partial charge in [0.15, 0.2) is 0 Å². The van der Waals surface area contributed by atoms with Gasteiger partial charge in [-0.15, -0.1) is 0 Å². The molecule has 0 spiro atoms. The van der Waals surface area contributed by atoms with Crippen LogP contribution in [0.25, 0.3) is 0 Å². The average molecular weight is 400 g/mol. The van der Waals surface area contributed by atoms with Crippen molar-refractivity contribution < 1.29 is 18.4 Å². The second-order valence-electron chi connectivity index (χ2n) is 7.57. The van der Waals surface area contributed by atoms with Crippen LogP contribution in [0.3, 0.4) is 0 Å². The first-order valence-corrected chi connectivity index (χ1v) is 10.1. The molecular formula is C23H26F2N2O2. The highest BCUT2D eigenvalue weighted by Crippen LogP contribution is 2.39. The molecule has 0 bridgehead atoms. The molecule has 0 radical (unpaired) electrons. The fourth-order valence-corrected chi connectivity index (χ4v) is 4.03. The minimum Gasteiger partial charge on any atom is -0.354 e. The number of halogens is 2. The third kappa shape index (κ3) is 5.40. The molecule has 154 valence electrons. The second kappa shape index (κ2) is 9.63. The van der Waals surface area contributed by atoms with E-state index in [0.29, 0.717) is 24.0 Å². The molecule has 2 aromatic rings. The van der Waals surface area contributed by atoms with Crippen molar-refractivity contribution in [1.82, 2.24) is 10.6 Å². The Hall–Kier alpha value is -2.76. The van der Waals surface area contributed by atoms with Crippen LogP contribution < -0.4 is 10.6 Å². The Labute approximate surface area is 169 Å². The molecule has 0 heterocycles. The standard InChI is InChI=1S/C23H26F2N2O2/c24-19-8-4-6-17(14-19)15-21(28)26-12-13-27-22(29)23(10-2-1-3-11-23)18-7-5-9-20(25)16-18/h4-9,14,16H,1-3,10-13,15H2,(H,26,28)(H,27,29). The van der Waals surface area contributed by atoms with Crippen molar-refractivity contribution in [3.63, 3.8) is 0 Å². The number of hydrogen-bond acceptors (Lipinski definition) is 2. The SMILES string of the molecule is O=C(Cc1cccc(F)c1)NCCNC(=O)C1(c2cccc(F)c2)CCCCC1. The Bertz CT molecular complexity index is 863. The molecule has 0 saturated heterocycles. The number of hydrogen-bond donors (Lipinski definition) is 2. The summed E-state index contributed by atoms with van der Waals surface area (Å²) in [4.78, 5) is 25.0. The van der Waals surface area contributed by atoms with Crippen LogP contribution in [0.4, 0.5) is 8.78 Å². The number of amides is 2. The molecule has 1 fully saturated rings. The van der Waals surface area contributed by atoms with Gasteiger partial charge in [-0.25, -0.2) is 8.78 Å². The highest BCUT2D eigenvalue weighted by atomic mass is 19.1. The zero-order valence-corrected chi connectivity index (χ0v) is 16.3. The van der Waals surface area contributed by atoms with Crippen molar-refractivity contribution in [2.45, 2.75) is 43.9 Å². The van der Waals surface area contributed by atoms with Crippen LogP contribution in [-0.4, -0.2) is 24.9 Å². The molecule has 1 saturated carbocycles. The molecule has 6 heteroatoms. The van der Waals surface area contributed by atoms with Crippen molar-refractivity contribution in [2.75, 3.05) is 13.1 Å². The van der Waals surface area contributed by atoms with Crippen molar-refractivity contribution >= 4 is 11.8 Å². The molecule has 29 heavy (non-hydrogen) atoms. The quantitative estimate of drug-likeness (QED) is 0.697. The van der Waals surface area contributed by atoms with Gasteiger partial charge >= 0.3 is 0 Å². The van der Waals surface area contributed by atoms with E-state index >= 15 is 0 Å². The smallest absolute Gasteiger partial charge is 0.230 e. The highest BCUT2D eigenvalue weighted by molar-refractivity contribution is 5.88. The van der Waals surface area contributed by atoms with Crippen LogP contribution in [-0.2, 0) is 21.4 Å². The molecule has 4 nitrogen and oxygen atoms in total. The Kier molecular flexibility index (Phi) is 6.96. The lowest BCUT2D eigenvalue weighted by Crippen LogP contribution is -2.47. The first-order valence-electron chi connectivity index (χ1n) is 10.1. The zero-order valence-electron chi connectivity index (χ0n) is 16.3. The number of carbonyl (C=O) groups is 2. The maximum atomic E-state index is 13.8. The van der Waals surface area contributed by atoms with Gasteiger partial charge in [0.25, 0.3) is 0 Å². The maximum absolute atomic E-state index is 13.8. The Morgan fingerprint density at radius 2 is 1.52 bits per heavy atom. The van der Waals surface area contributed by atoms with Crippen LogP contribution in [0.1, 0.15) is 43.2 Å². The first-order chi connectivity index (χ1) is 14.0. The molecule has 2 amide bonds. The Morgan fingerprint density at radius 3 is 2.21 bits per heavy atom. The first kappa shape index (κ1) is 21.0. The van der Waals surface area contributed by atoms with Gasteiger partial charge in [-0.2, -0.15) is 0 Å². The molecule has 3 rings (SSSR count). The molecular weight excluding hydrogens is 374 g/mol. The van der Waals surface area contributed by atoms with Gasteiger partial charge in [0.2, 0.25) is 11.8 Å². The third-order valence-corrected chi connectivity index (χ3v) is 5.51. The van der Waals surface area contributed by atoms with E-state index in [9.17, 15) is 18.4 Å². The summed E-state index contributed by atoms with van der Waals surface area (Å²) >= 11 is 0. The summed E-state index contributed by atoms with van der Waals surface area (Å²) in [6.45, 7) is 0.559. The van der Waals surface area contributed by atoms with Crippen LogP contribution in [0.15, 0.2) is 48.5 Å². The summed E-state index contributed by atoms with van der Waals surface area (Å²) in [5.74, 6) is -1.08. The maximum Gasteiger partial charge on any atom is 0.230 e. The number of rotatable bonds is 7. The summed E-state index contributed by atoms with van der Waals surface area (Å²) in [5, 5.41) is 5.64. The molecule has 1 aliphatic rings. The third-order valence-electron chi connectivity index (χ3n) is 5.51. The molecule has 2 aromatic carbocycles. The number of nitrogens with one attached hydrogen (secondary N) is 2. The predicted octanol–water partition coefficient (Wildman–Crippen LogP) is 3.64. The largest absolute Gasteiger partial charge is 0.354 e. The van der Waals surface area contributed by atoms with E-state index < -0.39 is 5.41 Å². The molecule has 0 atom stereocenters. The van der Waals surface area contributed by atoms with Gasteiger partial charge in [-0.1, -0.05) is 43.5 Å². The van der Waals surface area contributed by atoms with Gasteiger partial charge in [-0.05, 0) is 48.2 Å². The fraction of sp³-hybridized carbons (Fsp3) is 0.391. The van der Waals surface area contributed by atoms with Crippen molar-refractivity contribution in [3.8, 4) is 0 Å². The van der Waals surface area contributed by atoms with Crippen LogP contribution in [0.5, 0.6) is 0 Å². The summed E-state index contributed by atoms with van der Waals surface area (Å²) < 4.78 is 26.9. The molecule has 0 unspecified atom stereocenters. The topological polar surface area (TPSA) is 58.2 Å². The van der Waals surface area contributed by atoms with Crippen molar-refractivity contribution in [3.05, 3.63) is 71.3 Å². The van der Waals surface area contributed by atoms with Gasteiger partial charge in [-0.3, -0.25) is 9.59 Å². The van der Waals surface area contributed by atoms with Gasteiger partial charge in [0.05, 0.1) is 11.8 Å². The number of benzene rings is 2. The van der Waals surface area contributed by atoms with Gasteiger partial charge in [0, 0.05) is 13.1 Å². The van der Waals surface area contributed by atoms with Crippen molar-refractivity contribution in [2.24, 2.45) is 0 Å². The average Bonchev–Trinajstić information content (AvgIpc) is 2.71. The Balaban J connectivity index is 1.53. The minimum atomic E-state index is -0.716. The van der Waals surface area contributed by atoms with Gasteiger partial charge < -0.3 is 10.6 Å². The molecule has 2 N–H and O–H groups in total. The van der Waals surface area contributed by atoms with E-state index in [1.54, 1.807) is 18.2 Å². The fourth-order valence-electron chi connectivity index (χ4n) is 4.03. The summed E-state index contributed by atoms with van der Waals surface area (Å²) in [6, 6.07) is 12.2. The van der Waals surface area contributed by atoms with E-state index in [4.69, 9.17) is 0 Å². The van der Waals surface area contributed by atoms with Crippen molar-refractivity contribution in [1.29, 1.82) is 0 Å². The van der Waals surface area contributed by atoms with E-state index in [0.717, 1.165) is 19.3 Å². The lowest BCUT2D eigenvalue weighted by atomic mass is 9.68. The molecule has 0 aliphatic heterocycles. The van der Waals surface area contributed by atoms with E-state index in [1.165, 1.54) is 24.3 Å². The minimum absolute atomic E-state index is 0.0823. The normalized spacial score (nSPS) is 15.5. The van der Waals surface area contributed by atoms with Gasteiger partial charge in [0.1, 0.15) is 11.6 Å². The molecule has 0 aromatic heterocycles.